The van der Waals surface area contributed by atoms with E-state index >= 15 is 0 Å². The van der Waals surface area contributed by atoms with Crippen molar-refractivity contribution in [3.05, 3.63) is 42.2 Å². The summed E-state index contributed by atoms with van der Waals surface area (Å²) in [7, 11) is 0. The highest BCUT2D eigenvalue weighted by molar-refractivity contribution is 5.91. The van der Waals surface area contributed by atoms with E-state index in [1.54, 1.807) is 12.3 Å². The van der Waals surface area contributed by atoms with Crippen molar-refractivity contribution >= 4 is 11.7 Å². The molecule has 22 heavy (non-hydrogen) atoms. The molecule has 0 aliphatic heterocycles. The minimum absolute atomic E-state index is 0.0120. The first-order valence-corrected chi connectivity index (χ1v) is 6.29. The van der Waals surface area contributed by atoms with Crippen molar-refractivity contribution in [3.63, 3.8) is 0 Å². The Morgan fingerprint density at radius 2 is 2.14 bits per heavy atom. The van der Waals surface area contributed by atoms with Crippen molar-refractivity contribution < 1.29 is 23.1 Å². The first kappa shape index (κ1) is 15.8. The normalized spacial score (nSPS) is 11.3. The van der Waals surface area contributed by atoms with Gasteiger partial charge in [0.15, 0.2) is 0 Å². The Bertz CT molecular complexity index is 641. The summed E-state index contributed by atoms with van der Waals surface area (Å²) in [5.41, 5.74) is -0.646. The van der Waals surface area contributed by atoms with E-state index in [0.717, 1.165) is 12.1 Å². The number of amides is 2. The fourth-order valence-corrected chi connectivity index (χ4v) is 1.76. The van der Waals surface area contributed by atoms with Crippen LogP contribution in [0.4, 0.5) is 23.7 Å². The number of halogens is 3. The summed E-state index contributed by atoms with van der Waals surface area (Å²) in [6, 6.07) is 3.84. The number of urea groups is 1. The van der Waals surface area contributed by atoms with Gasteiger partial charge in [-0.05, 0) is 24.3 Å². The molecule has 3 N–H and O–H groups in total. The van der Waals surface area contributed by atoms with Crippen LogP contribution in [0.2, 0.25) is 0 Å². The fraction of sp³-hybridized carbons (Fsp3) is 0.231. The number of aromatic nitrogens is 2. The Morgan fingerprint density at radius 3 is 2.73 bits per heavy atom. The molecule has 1 aromatic carbocycles. The third-order valence-electron chi connectivity index (χ3n) is 2.72. The highest BCUT2D eigenvalue weighted by Crippen LogP contribution is 2.33. The van der Waals surface area contributed by atoms with Gasteiger partial charge in [-0.15, -0.1) is 0 Å². The average molecular weight is 314 g/mol. The Hall–Kier alpha value is -2.55. The van der Waals surface area contributed by atoms with Crippen molar-refractivity contribution in [3.8, 4) is 5.69 Å². The Kier molecular flexibility index (Phi) is 4.66. The van der Waals surface area contributed by atoms with Gasteiger partial charge in [0.1, 0.15) is 0 Å². The molecule has 0 atom stereocenters. The first-order chi connectivity index (χ1) is 10.4. The van der Waals surface area contributed by atoms with Gasteiger partial charge in [-0.1, -0.05) is 0 Å². The molecule has 0 aliphatic carbocycles. The lowest BCUT2D eigenvalue weighted by Gasteiger charge is -2.15. The number of carbonyl (C=O) groups excluding carboxylic acids is 1. The molecule has 0 unspecified atom stereocenters. The highest BCUT2D eigenvalue weighted by Gasteiger charge is 2.31. The molecular formula is C13H13F3N4O2. The van der Waals surface area contributed by atoms with Gasteiger partial charge in [-0.25, -0.2) is 9.48 Å². The number of benzene rings is 1. The smallest absolute Gasteiger partial charge is 0.395 e. The second-order valence-corrected chi connectivity index (χ2v) is 4.28. The van der Waals surface area contributed by atoms with Crippen LogP contribution in [0.5, 0.6) is 0 Å². The molecule has 0 radical (unpaired) electrons. The number of nitrogens with zero attached hydrogens (tertiary/aromatic N) is 2. The SMILES string of the molecule is O=C(NCCO)Nc1cc(C(F)(F)F)ccc1-n1cccn1. The number of nitrogens with one attached hydrogen (secondary N) is 2. The van der Waals surface area contributed by atoms with Gasteiger partial charge in [0.2, 0.25) is 0 Å². The molecule has 2 amide bonds. The predicted octanol–water partition coefficient (Wildman–Crippen LogP) is 2.00. The number of hydrogen-bond donors (Lipinski definition) is 3. The largest absolute Gasteiger partial charge is 0.416 e. The van der Waals surface area contributed by atoms with Gasteiger partial charge in [0.25, 0.3) is 0 Å². The molecule has 9 heteroatoms. The molecule has 1 heterocycles. The third-order valence-corrected chi connectivity index (χ3v) is 2.72. The summed E-state index contributed by atoms with van der Waals surface area (Å²) in [5, 5.41) is 17.2. The molecule has 118 valence electrons. The topological polar surface area (TPSA) is 79.2 Å². The second-order valence-electron chi connectivity index (χ2n) is 4.28. The molecular weight excluding hydrogens is 301 g/mol. The van der Waals surface area contributed by atoms with Crippen molar-refractivity contribution in [2.45, 2.75) is 6.18 Å². The summed E-state index contributed by atoms with van der Waals surface area (Å²) in [5.74, 6) is 0. The van der Waals surface area contributed by atoms with Gasteiger partial charge in [0, 0.05) is 18.9 Å². The summed E-state index contributed by atoms with van der Waals surface area (Å²) < 4.78 is 39.7. The molecule has 0 aliphatic rings. The monoisotopic (exact) mass is 314 g/mol. The van der Waals surface area contributed by atoms with E-state index in [2.05, 4.69) is 15.7 Å². The van der Waals surface area contributed by atoms with E-state index in [1.807, 2.05) is 0 Å². The molecule has 6 nitrogen and oxygen atoms in total. The molecule has 2 rings (SSSR count). The second kappa shape index (κ2) is 6.48. The average Bonchev–Trinajstić information content (AvgIpc) is 2.98. The minimum atomic E-state index is -4.53. The van der Waals surface area contributed by atoms with Crippen molar-refractivity contribution in [2.75, 3.05) is 18.5 Å². The van der Waals surface area contributed by atoms with Gasteiger partial charge in [-0.2, -0.15) is 18.3 Å². The quantitative estimate of drug-likeness (QED) is 0.807. The van der Waals surface area contributed by atoms with Crippen molar-refractivity contribution in [1.82, 2.24) is 15.1 Å². The highest BCUT2D eigenvalue weighted by atomic mass is 19.4. The lowest BCUT2D eigenvalue weighted by atomic mass is 10.1. The fourth-order valence-electron chi connectivity index (χ4n) is 1.76. The maximum Gasteiger partial charge on any atom is 0.416 e. The number of aliphatic hydroxyl groups excluding tert-OH is 1. The number of anilines is 1. The Balaban J connectivity index is 2.35. The van der Waals surface area contributed by atoms with Gasteiger partial charge >= 0.3 is 12.2 Å². The molecule has 0 saturated carbocycles. The van der Waals surface area contributed by atoms with E-state index in [0.29, 0.717) is 0 Å². The Labute approximate surface area is 123 Å². The molecule has 0 bridgehead atoms. The van der Waals surface area contributed by atoms with Gasteiger partial charge < -0.3 is 15.7 Å². The van der Waals surface area contributed by atoms with Crippen LogP contribution in [0.15, 0.2) is 36.7 Å². The van der Waals surface area contributed by atoms with Crippen LogP contribution in [0.1, 0.15) is 5.56 Å². The Morgan fingerprint density at radius 1 is 1.36 bits per heavy atom. The summed E-state index contributed by atoms with van der Waals surface area (Å²) >= 11 is 0. The summed E-state index contributed by atoms with van der Waals surface area (Å²) in [6.45, 7) is -0.288. The first-order valence-electron chi connectivity index (χ1n) is 6.29. The summed E-state index contributed by atoms with van der Waals surface area (Å²) in [4.78, 5) is 11.6. The van der Waals surface area contributed by atoms with Gasteiger partial charge in [-0.3, -0.25) is 0 Å². The lowest BCUT2D eigenvalue weighted by molar-refractivity contribution is -0.137. The predicted molar refractivity (Wildman–Crippen MR) is 72.7 cm³/mol. The van der Waals surface area contributed by atoms with E-state index in [1.165, 1.54) is 16.9 Å². The van der Waals surface area contributed by atoms with Crippen LogP contribution >= 0.6 is 0 Å². The minimum Gasteiger partial charge on any atom is -0.395 e. The summed E-state index contributed by atoms with van der Waals surface area (Å²) in [6.07, 6.45) is -1.52. The zero-order valence-corrected chi connectivity index (χ0v) is 11.3. The van der Waals surface area contributed by atoms with E-state index in [4.69, 9.17) is 5.11 Å². The van der Waals surface area contributed by atoms with Crippen molar-refractivity contribution in [1.29, 1.82) is 0 Å². The maximum absolute atomic E-state index is 12.8. The van der Waals surface area contributed by atoms with Crippen LogP contribution in [-0.4, -0.2) is 34.1 Å². The molecule has 1 aromatic heterocycles. The molecule has 0 saturated heterocycles. The number of rotatable bonds is 4. The van der Waals surface area contributed by atoms with Crippen LogP contribution in [0.25, 0.3) is 5.69 Å². The molecule has 2 aromatic rings. The molecule has 0 fully saturated rings. The number of carbonyl (C=O) groups is 1. The zero-order chi connectivity index (χ0) is 16.2. The van der Waals surface area contributed by atoms with Crippen molar-refractivity contribution in [2.24, 2.45) is 0 Å². The van der Waals surface area contributed by atoms with E-state index in [-0.39, 0.29) is 24.5 Å². The zero-order valence-electron chi connectivity index (χ0n) is 11.3. The number of aliphatic hydroxyl groups is 1. The van der Waals surface area contributed by atoms with Crippen LogP contribution in [0.3, 0.4) is 0 Å². The maximum atomic E-state index is 12.8. The van der Waals surface area contributed by atoms with E-state index < -0.39 is 17.8 Å². The standard InChI is InChI=1S/C13H13F3N4O2/c14-13(15,16)9-2-3-11(20-6-1-4-18-20)10(8-9)19-12(22)17-5-7-21/h1-4,6,8,21H,5,7H2,(H2,17,19,22). The number of hydrogen-bond acceptors (Lipinski definition) is 3. The number of alkyl halides is 3. The van der Waals surface area contributed by atoms with Gasteiger partial charge in [0.05, 0.1) is 23.5 Å². The third kappa shape index (κ3) is 3.76. The van der Waals surface area contributed by atoms with Crippen LogP contribution < -0.4 is 10.6 Å². The molecule has 0 spiro atoms. The van der Waals surface area contributed by atoms with Crippen LogP contribution in [0, 0.1) is 0 Å². The lowest BCUT2D eigenvalue weighted by Crippen LogP contribution is -2.31. The van der Waals surface area contributed by atoms with E-state index in [9.17, 15) is 18.0 Å². The van der Waals surface area contributed by atoms with Crippen LogP contribution in [-0.2, 0) is 6.18 Å².